The molecule has 2 aliphatic rings. The summed E-state index contributed by atoms with van der Waals surface area (Å²) >= 11 is 0. The van der Waals surface area contributed by atoms with Crippen LogP contribution < -0.4 is 15.8 Å². The molecule has 0 bridgehead atoms. The highest BCUT2D eigenvalue weighted by Crippen LogP contribution is 2.42. The van der Waals surface area contributed by atoms with Crippen LogP contribution in [-0.4, -0.2) is 26.5 Å². The Hall–Kier alpha value is -2.67. The first-order valence-electron chi connectivity index (χ1n) is 12.2. The fourth-order valence-corrected chi connectivity index (χ4v) is 6.39. The average Bonchev–Trinajstić information content (AvgIpc) is 3.60. The van der Waals surface area contributed by atoms with Gasteiger partial charge in [-0.05, 0) is 79.5 Å². The maximum atomic E-state index is 12.9. The molecule has 34 heavy (non-hydrogen) atoms. The van der Waals surface area contributed by atoms with E-state index in [4.69, 9.17) is 5.73 Å². The number of nitrogens with one attached hydrogen (secondary N) is 2. The van der Waals surface area contributed by atoms with Gasteiger partial charge in [0.25, 0.3) is 10.0 Å². The van der Waals surface area contributed by atoms with E-state index >= 15 is 0 Å². The normalized spacial score (nSPS) is 24.5. The quantitative estimate of drug-likeness (QED) is 0.440. The second-order valence-electron chi connectivity index (χ2n) is 9.80. The molecule has 0 heterocycles. The van der Waals surface area contributed by atoms with Gasteiger partial charge in [-0.25, -0.2) is 8.42 Å². The maximum Gasteiger partial charge on any atom is 0.262 e. The van der Waals surface area contributed by atoms with Crippen molar-refractivity contribution in [3.63, 3.8) is 0 Å². The van der Waals surface area contributed by atoms with Gasteiger partial charge in [0.15, 0.2) is 0 Å². The van der Waals surface area contributed by atoms with Gasteiger partial charge in [0, 0.05) is 29.7 Å². The van der Waals surface area contributed by atoms with E-state index in [9.17, 15) is 8.42 Å². The van der Waals surface area contributed by atoms with Crippen LogP contribution in [0.25, 0.3) is 11.1 Å². The minimum atomic E-state index is -3.64. The van der Waals surface area contributed by atoms with Crippen molar-refractivity contribution in [3.8, 4) is 11.1 Å². The summed E-state index contributed by atoms with van der Waals surface area (Å²) in [5.41, 5.74) is 10.7. The van der Waals surface area contributed by atoms with Gasteiger partial charge in [0.2, 0.25) is 0 Å². The molecule has 2 aliphatic carbocycles. The monoisotopic (exact) mass is 475 g/mol. The molecule has 5 nitrogen and oxygen atoms in total. The summed E-state index contributed by atoms with van der Waals surface area (Å²) in [5.74, 6) is 0.580. The number of benzene rings is 3. The van der Waals surface area contributed by atoms with Crippen LogP contribution in [0, 0.1) is 6.92 Å². The predicted molar refractivity (Wildman–Crippen MR) is 138 cm³/mol. The van der Waals surface area contributed by atoms with Crippen LogP contribution >= 0.6 is 0 Å². The molecule has 0 aromatic heterocycles. The number of hydrogen-bond donors (Lipinski definition) is 3. The second kappa shape index (κ2) is 9.53. The molecule has 0 spiro atoms. The van der Waals surface area contributed by atoms with Crippen molar-refractivity contribution in [2.45, 2.75) is 68.0 Å². The number of anilines is 1. The third-order valence-electron chi connectivity index (χ3n) is 7.18. The van der Waals surface area contributed by atoms with E-state index in [2.05, 4.69) is 34.3 Å². The number of hydrogen-bond acceptors (Lipinski definition) is 4. The molecule has 3 aromatic rings. The molecule has 4 N–H and O–H groups in total. The molecule has 0 saturated heterocycles. The summed E-state index contributed by atoms with van der Waals surface area (Å²) in [7, 11) is -3.64. The highest BCUT2D eigenvalue weighted by molar-refractivity contribution is 7.92. The van der Waals surface area contributed by atoms with Crippen LogP contribution in [0.1, 0.15) is 49.1 Å². The van der Waals surface area contributed by atoms with Crippen LogP contribution in [-0.2, 0) is 10.0 Å². The van der Waals surface area contributed by atoms with E-state index < -0.39 is 10.0 Å². The molecule has 2 saturated carbocycles. The first-order valence-corrected chi connectivity index (χ1v) is 13.7. The molecule has 178 valence electrons. The standard InChI is InChI=1S/C28H33N3O2S/c1-19-5-2-3-8-28(19)34(32,33)31-25-7-4-6-22(17-25)20-9-11-21(12-10-20)26-18-27(26)30-24-15-13-23(29)14-16-24/h2-12,17,23-24,26-27,30-31H,13-16,18,29H2,1H3/t23?,24?,26-,27+/m1/s1. The minimum Gasteiger partial charge on any atom is -0.328 e. The zero-order chi connectivity index (χ0) is 23.7. The van der Waals surface area contributed by atoms with Crippen molar-refractivity contribution in [3.05, 3.63) is 83.9 Å². The molecule has 0 aliphatic heterocycles. The van der Waals surface area contributed by atoms with Gasteiger partial charge < -0.3 is 11.1 Å². The summed E-state index contributed by atoms with van der Waals surface area (Å²) in [5, 5.41) is 3.83. The zero-order valence-corrected chi connectivity index (χ0v) is 20.4. The third-order valence-corrected chi connectivity index (χ3v) is 8.72. The second-order valence-corrected chi connectivity index (χ2v) is 11.5. The predicted octanol–water partition coefficient (Wildman–Crippen LogP) is 5.18. The Kier molecular flexibility index (Phi) is 6.47. The van der Waals surface area contributed by atoms with Crippen molar-refractivity contribution in [1.82, 2.24) is 5.32 Å². The lowest BCUT2D eigenvalue weighted by atomic mass is 9.92. The molecule has 0 unspecified atom stereocenters. The Morgan fingerprint density at radius 3 is 2.32 bits per heavy atom. The Morgan fingerprint density at radius 1 is 0.853 bits per heavy atom. The van der Waals surface area contributed by atoms with Crippen LogP contribution in [0.2, 0.25) is 0 Å². The van der Waals surface area contributed by atoms with Crippen molar-refractivity contribution in [1.29, 1.82) is 0 Å². The lowest BCUT2D eigenvalue weighted by Gasteiger charge is -2.27. The van der Waals surface area contributed by atoms with Crippen LogP contribution in [0.4, 0.5) is 5.69 Å². The fraction of sp³-hybridized carbons (Fsp3) is 0.357. The van der Waals surface area contributed by atoms with E-state index in [0.717, 1.165) is 29.5 Å². The first-order chi connectivity index (χ1) is 16.4. The van der Waals surface area contributed by atoms with Gasteiger partial charge >= 0.3 is 0 Å². The SMILES string of the molecule is Cc1ccccc1S(=O)(=O)Nc1cccc(-c2ccc([C@H]3C[C@@H]3NC3CCC(N)CC3)cc2)c1. The Balaban J connectivity index is 1.24. The molecule has 2 fully saturated rings. The lowest BCUT2D eigenvalue weighted by Crippen LogP contribution is -2.38. The number of aryl methyl sites for hydroxylation is 1. The van der Waals surface area contributed by atoms with Crippen molar-refractivity contribution in [2.75, 3.05) is 4.72 Å². The fourth-order valence-electron chi connectivity index (χ4n) is 5.09. The van der Waals surface area contributed by atoms with Gasteiger partial charge in [-0.2, -0.15) is 0 Å². The average molecular weight is 476 g/mol. The van der Waals surface area contributed by atoms with Crippen molar-refractivity contribution < 1.29 is 8.42 Å². The summed E-state index contributed by atoms with van der Waals surface area (Å²) in [6.45, 7) is 1.80. The smallest absolute Gasteiger partial charge is 0.262 e. The molecule has 5 rings (SSSR count). The van der Waals surface area contributed by atoms with Crippen LogP contribution in [0.15, 0.2) is 77.7 Å². The Morgan fingerprint density at radius 2 is 1.59 bits per heavy atom. The first kappa shape index (κ1) is 23.1. The van der Waals surface area contributed by atoms with Crippen molar-refractivity contribution >= 4 is 15.7 Å². The third kappa shape index (κ3) is 5.19. The zero-order valence-electron chi connectivity index (χ0n) is 19.6. The molecule has 2 atom stereocenters. The highest BCUT2D eigenvalue weighted by Gasteiger charge is 2.39. The van der Waals surface area contributed by atoms with Gasteiger partial charge in [-0.3, -0.25) is 4.72 Å². The van der Waals surface area contributed by atoms with Gasteiger partial charge in [0.05, 0.1) is 4.90 Å². The highest BCUT2D eigenvalue weighted by atomic mass is 32.2. The summed E-state index contributed by atoms with van der Waals surface area (Å²) < 4.78 is 28.5. The van der Waals surface area contributed by atoms with E-state index in [1.54, 1.807) is 31.2 Å². The summed E-state index contributed by atoms with van der Waals surface area (Å²) in [6, 6.07) is 24.8. The van der Waals surface area contributed by atoms with Crippen molar-refractivity contribution in [2.24, 2.45) is 5.73 Å². The number of rotatable bonds is 7. The number of nitrogens with two attached hydrogens (primary N) is 1. The lowest BCUT2D eigenvalue weighted by molar-refractivity contribution is 0.339. The van der Waals surface area contributed by atoms with E-state index in [1.165, 1.54) is 24.8 Å². The van der Waals surface area contributed by atoms with Gasteiger partial charge in [0.1, 0.15) is 0 Å². The summed E-state index contributed by atoms with van der Waals surface area (Å²) in [6.07, 6.45) is 5.83. The number of sulfonamides is 1. The van der Waals surface area contributed by atoms with E-state index in [0.29, 0.717) is 34.6 Å². The molecular formula is C28H33N3O2S. The van der Waals surface area contributed by atoms with E-state index in [1.807, 2.05) is 24.3 Å². The van der Waals surface area contributed by atoms with Gasteiger partial charge in [-0.1, -0.05) is 54.6 Å². The largest absolute Gasteiger partial charge is 0.328 e. The molecule has 0 radical (unpaired) electrons. The molecular weight excluding hydrogens is 442 g/mol. The topological polar surface area (TPSA) is 84.2 Å². The summed E-state index contributed by atoms with van der Waals surface area (Å²) in [4.78, 5) is 0.299. The molecule has 3 aromatic carbocycles. The Labute approximate surface area is 202 Å². The van der Waals surface area contributed by atoms with Crippen LogP contribution in [0.5, 0.6) is 0 Å². The maximum absolute atomic E-state index is 12.9. The molecule has 0 amide bonds. The van der Waals surface area contributed by atoms with Crippen LogP contribution in [0.3, 0.4) is 0 Å². The van der Waals surface area contributed by atoms with E-state index in [-0.39, 0.29) is 0 Å². The van der Waals surface area contributed by atoms with Gasteiger partial charge in [-0.15, -0.1) is 0 Å². The minimum absolute atomic E-state index is 0.299. The molecule has 6 heteroatoms. The Bertz CT molecular complexity index is 1250.